The summed E-state index contributed by atoms with van der Waals surface area (Å²) in [5, 5.41) is 0. The lowest BCUT2D eigenvalue weighted by Gasteiger charge is -2.10. The third-order valence-corrected chi connectivity index (χ3v) is 2.64. The van der Waals surface area contributed by atoms with Crippen molar-refractivity contribution in [3.05, 3.63) is 47.5 Å². The van der Waals surface area contributed by atoms with Gasteiger partial charge in [-0.15, -0.1) is 0 Å². The van der Waals surface area contributed by atoms with E-state index < -0.39 is 5.92 Å². The van der Waals surface area contributed by atoms with Gasteiger partial charge in [0.2, 0.25) is 0 Å². The van der Waals surface area contributed by atoms with Crippen LogP contribution in [0.25, 0.3) is 0 Å². The molecule has 18 heavy (non-hydrogen) atoms. The molecule has 0 spiro atoms. The number of esters is 1. The van der Waals surface area contributed by atoms with E-state index >= 15 is 0 Å². The van der Waals surface area contributed by atoms with Crippen LogP contribution in [0.15, 0.2) is 36.4 Å². The van der Waals surface area contributed by atoms with Gasteiger partial charge in [-0.3, -0.25) is 9.59 Å². The van der Waals surface area contributed by atoms with Gasteiger partial charge in [-0.2, -0.15) is 0 Å². The highest BCUT2D eigenvalue weighted by molar-refractivity contribution is 5.88. The molecule has 0 bridgehead atoms. The lowest BCUT2D eigenvalue weighted by molar-refractivity contribution is -0.143. The van der Waals surface area contributed by atoms with E-state index in [1.165, 1.54) is 25.7 Å². The quantitative estimate of drug-likeness (QED) is 0.592. The average Bonchev–Trinajstić information content (AvgIpc) is 2.35. The Morgan fingerprint density at radius 3 is 2.39 bits per heavy atom. The van der Waals surface area contributed by atoms with Gasteiger partial charge in [0, 0.05) is 0 Å². The highest BCUT2D eigenvalue weighted by Gasteiger charge is 2.16. The van der Waals surface area contributed by atoms with Crippen LogP contribution in [0.3, 0.4) is 0 Å². The number of ketones is 1. The van der Waals surface area contributed by atoms with E-state index in [1.54, 1.807) is 6.08 Å². The van der Waals surface area contributed by atoms with E-state index in [9.17, 15) is 9.59 Å². The van der Waals surface area contributed by atoms with Crippen molar-refractivity contribution in [2.75, 3.05) is 7.11 Å². The van der Waals surface area contributed by atoms with E-state index in [2.05, 4.69) is 0 Å². The average molecular weight is 246 g/mol. The smallest absolute Gasteiger partial charge is 0.312 e. The molecule has 0 amide bonds. The fourth-order valence-electron chi connectivity index (χ4n) is 1.61. The maximum atomic E-state index is 11.6. The number of methoxy groups -OCH3 is 1. The Bertz CT molecular complexity index is 443. The Kier molecular flexibility index (Phi) is 5.31. The summed E-state index contributed by atoms with van der Waals surface area (Å²) in [6, 6.07) is 7.95. The minimum absolute atomic E-state index is 0.0761. The van der Waals surface area contributed by atoms with Crippen molar-refractivity contribution in [1.29, 1.82) is 0 Å². The molecule has 1 rings (SSSR count). The number of benzene rings is 1. The van der Waals surface area contributed by atoms with Crippen LogP contribution in [-0.2, 0) is 20.7 Å². The minimum atomic E-state index is -0.415. The second-order valence-corrected chi connectivity index (χ2v) is 4.29. The lowest BCUT2D eigenvalue weighted by atomic mass is 9.98. The number of hydrogen-bond acceptors (Lipinski definition) is 3. The molecule has 0 aliphatic rings. The number of aryl methyl sites for hydroxylation is 1. The van der Waals surface area contributed by atoms with Crippen LogP contribution >= 0.6 is 0 Å². The highest BCUT2D eigenvalue weighted by Crippen LogP contribution is 2.13. The first-order valence-electron chi connectivity index (χ1n) is 5.85. The van der Waals surface area contributed by atoms with E-state index in [4.69, 9.17) is 4.74 Å². The zero-order chi connectivity index (χ0) is 13.5. The summed E-state index contributed by atoms with van der Waals surface area (Å²) in [6.07, 6.45) is 3.56. The zero-order valence-corrected chi connectivity index (χ0v) is 11.0. The van der Waals surface area contributed by atoms with Gasteiger partial charge in [0.15, 0.2) is 5.78 Å². The molecule has 1 aromatic carbocycles. The Morgan fingerprint density at radius 2 is 1.89 bits per heavy atom. The third kappa shape index (κ3) is 4.53. The van der Waals surface area contributed by atoms with Gasteiger partial charge in [0.05, 0.1) is 13.0 Å². The van der Waals surface area contributed by atoms with E-state index in [-0.39, 0.29) is 11.8 Å². The van der Waals surface area contributed by atoms with Crippen molar-refractivity contribution in [3.8, 4) is 0 Å². The second kappa shape index (κ2) is 6.74. The summed E-state index contributed by atoms with van der Waals surface area (Å²) in [5.74, 6) is -0.817. The van der Waals surface area contributed by atoms with E-state index in [0.717, 1.165) is 5.56 Å². The highest BCUT2D eigenvalue weighted by atomic mass is 16.5. The molecule has 1 aromatic rings. The Hall–Kier alpha value is -1.90. The molecular formula is C15H18O3. The van der Waals surface area contributed by atoms with Gasteiger partial charge in [-0.1, -0.05) is 35.9 Å². The molecule has 0 aliphatic carbocycles. The summed E-state index contributed by atoms with van der Waals surface area (Å²) < 4.78 is 4.74. The molecule has 1 atom stereocenters. The molecule has 0 N–H and O–H groups in total. The second-order valence-electron chi connectivity index (χ2n) is 4.29. The van der Waals surface area contributed by atoms with Gasteiger partial charge in [-0.05, 0) is 31.9 Å². The summed E-state index contributed by atoms with van der Waals surface area (Å²) >= 11 is 0. The zero-order valence-electron chi connectivity index (χ0n) is 11.0. The van der Waals surface area contributed by atoms with E-state index in [0.29, 0.717) is 6.42 Å². The predicted octanol–water partition coefficient (Wildman–Crippen LogP) is 2.47. The number of rotatable bonds is 5. The standard InChI is InChI=1S/C15H18O3/c1-11-4-7-13(8-5-11)10-14(15(17)18-3)9-6-12(2)16/h4-9,14H,10H2,1-3H3/b9-6-. The topological polar surface area (TPSA) is 43.4 Å². The van der Waals surface area contributed by atoms with Crippen LogP contribution in [0.4, 0.5) is 0 Å². The molecule has 0 aromatic heterocycles. The third-order valence-electron chi connectivity index (χ3n) is 2.64. The number of hydrogen-bond donors (Lipinski definition) is 0. The predicted molar refractivity (Wildman–Crippen MR) is 70.2 cm³/mol. The normalized spacial score (nSPS) is 12.4. The molecule has 0 aliphatic heterocycles. The summed E-state index contributed by atoms with van der Waals surface area (Å²) in [6.45, 7) is 3.47. The first kappa shape index (κ1) is 14.2. The fraction of sp³-hybridized carbons (Fsp3) is 0.333. The van der Waals surface area contributed by atoms with Crippen molar-refractivity contribution in [1.82, 2.24) is 0 Å². The summed E-state index contributed by atoms with van der Waals surface area (Å²) in [7, 11) is 1.35. The molecular weight excluding hydrogens is 228 g/mol. The van der Waals surface area contributed by atoms with Crippen molar-refractivity contribution in [2.45, 2.75) is 20.3 Å². The van der Waals surface area contributed by atoms with Gasteiger partial charge in [0.1, 0.15) is 0 Å². The molecule has 0 heterocycles. The largest absolute Gasteiger partial charge is 0.469 e. The molecule has 3 nitrogen and oxygen atoms in total. The van der Waals surface area contributed by atoms with Crippen LogP contribution < -0.4 is 0 Å². The maximum Gasteiger partial charge on any atom is 0.312 e. The number of allylic oxidation sites excluding steroid dienone is 1. The van der Waals surface area contributed by atoms with E-state index in [1.807, 2.05) is 31.2 Å². The number of ether oxygens (including phenoxy) is 1. The number of carbonyl (C=O) groups excluding carboxylic acids is 2. The Balaban J connectivity index is 2.81. The molecule has 96 valence electrons. The summed E-state index contributed by atoms with van der Waals surface area (Å²) in [4.78, 5) is 22.5. The Morgan fingerprint density at radius 1 is 1.28 bits per heavy atom. The van der Waals surface area contributed by atoms with Gasteiger partial charge in [0.25, 0.3) is 0 Å². The SMILES string of the molecule is COC(=O)C(/C=C\C(C)=O)Cc1ccc(C)cc1. The van der Waals surface area contributed by atoms with Gasteiger partial charge in [-0.25, -0.2) is 0 Å². The first-order chi connectivity index (χ1) is 8.52. The van der Waals surface area contributed by atoms with Crippen molar-refractivity contribution >= 4 is 11.8 Å². The van der Waals surface area contributed by atoms with Crippen LogP contribution in [0, 0.1) is 12.8 Å². The maximum absolute atomic E-state index is 11.6. The van der Waals surface area contributed by atoms with Crippen molar-refractivity contribution in [2.24, 2.45) is 5.92 Å². The van der Waals surface area contributed by atoms with Gasteiger partial charge < -0.3 is 4.74 Å². The monoisotopic (exact) mass is 246 g/mol. The minimum Gasteiger partial charge on any atom is -0.469 e. The molecule has 0 fully saturated rings. The Labute approximate surface area is 107 Å². The molecule has 0 radical (unpaired) electrons. The summed E-state index contributed by atoms with van der Waals surface area (Å²) in [5.41, 5.74) is 2.22. The van der Waals surface area contributed by atoms with Crippen molar-refractivity contribution < 1.29 is 14.3 Å². The lowest BCUT2D eigenvalue weighted by Crippen LogP contribution is -2.16. The molecule has 0 saturated carbocycles. The fourth-order valence-corrected chi connectivity index (χ4v) is 1.61. The van der Waals surface area contributed by atoms with Gasteiger partial charge >= 0.3 is 5.97 Å². The van der Waals surface area contributed by atoms with Crippen LogP contribution in [0.1, 0.15) is 18.1 Å². The van der Waals surface area contributed by atoms with Crippen LogP contribution in [-0.4, -0.2) is 18.9 Å². The van der Waals surface area contributed by atoms with Crippen molar-refractivity contribution in [3.63, 3.8) is 0 Å². The molecule has 1 unspecified atom stereocenters. The van der Waals surface area contributed by atoms with Crippen LogP contribution in [0.2, 0.25) is 0 Å². The number of carbonyl (C=O) groups is 2. The first-order valence-corrected chi connectivity index (χ1v) is 5.85. The molecule has 0 saturated heterocycles. The van der Waals surface area contributed by atoms with Crippen LogP contribution in [0.5, 0.6) is 0 Å². The molecule has 3 heteroatoms.